The topological polar surface area (TPSA) is 43.6 Å². The molecule has 2 rings (SSSR count). The molecule has 1 saturated heterocycles. The van der Waals surface area contributed by atoms with Crippen LogP contribution in [-0.2, 0) is 4.74 Å². The molecule has 2 aliphatic rings. The Bertz CT molecular complexity index is 491. The highest BCUT2D eigenvalue weighted by Crippen LogP contribution is 2.43. The van der Waals surface area contributed by atoms with E-state index in [9.17, 15) is 18.0 Å². The highest BCUT2D eigenvalue weighted by Gasteiger charge is 2.40. The number of halogens is 3. The second-order valence-corrected chi connectivity index (χ2v) is 7.42. The van der Waals surface area contributed by atoms with E-state index in [4.69, 9.17) is 4.74 Å². The van der Waals surface area contributed by atoms with Gasteiger partial charge in [0.2, 0.25) is 0 Å². The number of allylic oxidation sites excluding steroid dienone is 1. The van der Waals surface area contributed by atoms with Crippen molar-refractivity contribution in [2.24, 2.45) is 5.92 Å². The number of likely N-dealkylation sites (tertiary alicyclic amines) is 1. The number of carbonyl (C=O) groups is 1. The molecule has 0 saturated carbocycles. The van der Waals surface area contributed by atoms with Crippen LogP contribution in [0, 0.1) is 5.92 Å². The lowest BCUT2D eigenvalue weighted by Crippen LogP contribution is -2.49. The Morgan fingerprint density at radius 3 is 2.30 bits per heavy atom. The van der Waals surface area contributed by atoms with Crippen LogP contribution in [0.5, 0.6) is 0 Å². The van der Waals surface area contributed by atoms with Crippen molar-refractivity contribution in [1.29, 1.82) is 0 Å². The van der Waals surface area contributed by atoms with Gasteiger partial charge in [-0.25, -0.2) is 4.79 Å². The zero-order valence-electron chi connectivity index (χ0n) is 14.0. The monoisotopic (exact) mass is 335 g/mol. The summed E-state index contributed by atoms with van der Waals surface area (Å²) in [5.41, 5.74) is 2.36. The number of ether oxygens (including phenoxy) is 1. The summed E-state index contributed by atoms with van der Waals surface area (Å²) in [5.74, 6) is 0.244. The molecule has 0 spiro atoms. The second kappa shape index (κ2) is 5.89. The molecule has 0 radical (unpaired) electrons. The Labute approximate surface area is 134 Å². The van der Waals surface area contributed by atoms with Gasteiger partial charge < -0.3 is 19.7 Å². The maximum Gasteiger partial charge on any atom is 0.410 e. The number of piperidine rings is 1. The first-order valence-electron chi connectivity index (χ1n) is 7.74. The van der Waals surface area contributed by atoms with Gasteiger partial charge in [-0.2, -0.15) is 13.2 Å². The van der Waals surface area contributed by atoms with Crippen molar-refractivity contribution < 1.29 is 27.3 Å². The summed E-state index contributed by atoms with van der Waals surface area (Å²) >= 11 is 0. The number of hydrogen-bond acceptors (Lipinski definition) is 2. The second-order valence-electron chi connectivity index (χ2n) is 7.42. The van der Waals surface area contributed by atoms with Crippen molar-refractivity contribution in [3.8, 4) is 0 Å². The van der Waals surface area contributed by atoms with E-state index in [2.05, 4.69) is 5.43 Å². The Balaban J connectivity index is 1.80. The Morgan fingerprint density at radius 2 is 1.87 bits per heavy atom. The van der Waals surface area contributed by atoms with Crippen LogP contribution in [0.1, 0.15) is 33.6 Å². The predicted molar refractivity (Wildman–Crippen MR) is 79.1 cm³/mol. The molecule has 0 aromatic carbocycles. The van der Waals surface area contributed by atoms with E-state index in [1.807, 2.05) is 20.8 Å². The van der Waals surface area contributed by atoms with Crippen molar-refractivity contribution in [1.82, 2.24) is 4.90 Å². The van der Waals surface area contributed by atoms with Crippen molar-refractivity contribution in [2.75, 3.05) is 26.7 Å². The zero-order chi connectivity index (χ0) is 17.5. The molecule has 8 heteroatoms. The van der Waals surface area contributed by atoms with Gasteiger partial charge in [-0.3, -0.25) is 0 Å². The van der Waals surface area contributed by atoms with Crippen LogP contribution >= 0.6 is 0 Å². The Morgan fingerprint density at radius 1 is 1.35 bits per heavy atom. The molecule has 0 aliphatic carbocycles. The van der Waals surface area contributed by atoms with E-state index < -0.39 is 17.5 Å². The average molecular weight is 335 g/mol. The fourth-order valence-electron chi connectivity index (χ4n) is 2.88. The first-order valence-corrected chi connectivity index (χ1v) is 7.74. The largest absolute Gasteiger partial charge is 0.474 e. The Hall–Kier alpha value is -1.44. The summed E-state index contributed by atoms with van der Waals surface area (Å²) in [6.45, 7) is 7.11. The van der Waals surface area contributed by atoms with Crippen LogP contribution in [-0.4, -0.2) is 54.0 Å². The van der Waals surface area contributed by atoms with E-state index in [1.54, 1.807) is 11.9 Å². The van der Waals surface area contributed by atoms with Crippen LogP contribution in [0.3, 0.4) is 0 Å². The number of rotatable bonds is 2. The molecule has 0 N–H and O–H groups in total. The van der Waals surface area contributed by atoms with E-state index in [-0.39, 0.29) is 16.6 Å². The molecule has 1 unspecified atom stereocenters. The lowest BCUT2D eigenvalue weighted by molar-refractivity contribution is -0.842. The van der Waals surface area contributed by atoms with Crippen molar-refractivity contribution >= 4 is 6.09 Å². The van der Waals surface area contributed by atoms with Gasteiger partial charge in [-0.15, -0.1) is 0 Å². The molecular formula is C15H24F3N3O2. The molecule has 1 atom stereocenters. The molecule has 1 amide bonds. The lowest BCUT2D eigenvalue weighted by Gasteiger charge is -2.54. The van der Waals surface area contributed by atoms with Crippen LogP contribution < -0.4 is 0 Å². The molecule has 0 aromatic heterocycles. The van der Waals surface area contributed by atoms with E-state index in [1.165, 1.54) is 0 Å². The quantitative estimate of drug-likeness (QED) is 0.721. The number of amides is 1. The minimum atomic E-state index is -4.36. The van der Waals surface area contributed by atoms with Gasteiger partial charge in [0, 0.05) is 24.7 Å². The summed E-state index contributed by atoms with van der Waals surface area (Å²) in [5, 5.41) is 0. The van der Waals surface area contributed by atoms with Gasteiger partial charge >= 0.3 is 12.3 Å². The summed E-state index contributed by atoms with van der Waals surface area (Å²) in [4.78, 5) is 13.6. The first kappa shape index (κ1) is 17.9. The number of nitrogens with zero attached hydrogens (tertiary/aromatic N) is 3. The van der Waals surface area contributed by atoms with Gasteiger partial charge in [0.25, 0.3) is 0 Å². The lowest BCUT2D eigenvalue weighted by atomic mass is 9.96. The predicted octanol–water partition coefficient (Wildman–Crippen LogP) is 3.79. The number of quaternary nitrogens is 1. The number of hydrogen-bond donors (Lipinski definition) is 0. The third kappa shape index (κ3) is 4.76. The van der Waals surface area contributed by atoms with Crippen LogP contribution in [0.2, 0.25) is 0 Å². The van der Waals surface area contributed by atoms with Crippen molar-refractivity contribution in [3.63, 3.8) is 0 Å². The van der Waals surface area contributed by atoms with Crippen LogP contribution in [0.25, 0.3) is 5.43 Å². The molecule has 2 heterocycles. The van der Waals surface area contributed by atoms with Crippen LogP contribution in [0.15, 0.2) is 11.9 Å². The summed E-state index contributed by atoms with van der Waals surface area (Å²) in [6.07, 6.45) is -2.04. The molecule has 1 fully saturated rings. The normalized spacial score (nSPS) is 26.2. The summed E-state index contributed by atoms with van der Waals surface area (Å²) < 4.78 is 42.7. The van der Waals surface area contributed by atoms with Gasteiger partial charge in [0.15, 0.2) is 0 Å². The van der Waals surface area contributed by atoms with E-state index in [0.29, 0.717) is 19.6 Å². The van der Waals surface area contributed by atoms with Crippen molar-refractivity contribution in [2.45, 2.75) is 45.4 Å². The number of carbonyl (C=O) groups excluding carboxylic acids is 1. The van der Waals surface area contributed by atoms with E-state index >= 15 is 0 Å². The van der Waals surface area contributed by atoms with Crippen LogP contribution in [0.4, 0.5) is 18.0 Å². The molecular weight excluding hydrogens is 311 g/mol. The van der Waals surface area contributed by atoms with E-state index in [0.717, 1.165) is 19.0 Å². The molecule has 2 aliphatic heterocycles. The highest BCUT2D eigenvalue weighted by molar-refractivity contribution is 5.68. The fraction of sp³-hybridized carbons (Fsp3) is 0.800. The first-order chi connectivity index (χ1) is 10.4. The summed E-state index contributed by atoms with van der Waals surface area (Å²) in [6, 6.07) is 0. The van der Waals surface area contributed by atoms with Gasteiger partial charge in [0.1, 0.15) is 5.60 Å². The van der Waals surface area contributed by atoms with Gasteiger partial charge in [-0.05, 0) is 33.6 Å². The summed E-state index contributed by atoms with van der Waals surface area (Å²) in [7, 11) is 1.66. The minimum Gasteiger partial charge on any atom is -0.474 e. The molecule has 0 aromatic rings. The maximum atomic E-state index is 12.5. The molecule has 23 heavy (non-hydrogen) atoms. The molecule has 0 bridgehead atoms. The third-order valence-electron chi connectivity index (χ3n) is 3.92. The highest BCUT2D eigenvalue weighted by atomic mass is 19.4. The number of alkyl halides is 3. The SMILES string of the molecule is CC(C)(C)OC(=O)N1CCC(C[N+]2(C)C=C(C(F)(F)F)[N-]2)CC1. The molecule has 132 valence electrons. The maximum absolute atomic E-state index is 12.5. The Kier molecular flexibility index (Phi) is 4.58. The standard InChI is InChI=1S/C15H24F3N3O2/c1-14(2,3)23-13(22)20-7-5-11(6-8-20)9-21(4)10-12(19-21)15(16,17)18/h10-11H,5-9H2,1-4H3. The fourth-order valence-corrected chi connectivity index (χ4v) is 2.88. The van der Waals surface area contributed by atoms with Crippen molar-refractivity contribution in [3.05, 3.63) is 17.3 Å². The average Bonchev–Trinajstić information content (AvgIpc) is 2.33. The minimum absolute atomic E-state index is 0.0358. The smallest absolute Gasteiger partial charge is 0.410 e. The third-order valence-corrected chi connectivity index (χ3v) is 3.92. The van der Waals surface area contributed by atoms with Gasteiger partial charge in [-0.1, -0.05) is 0 Å². The molecule has 5 nitrogen and oxygen atoms in total. The zero-order valence-corrected chi connectivity index (χ0v) is 14.0. The van der Waals surface area contributed by atoms with Gasteiger partial charge in [0.05, 0.1) is 19.8 Å².